The molecule has 1 heterocycles. The summed E-state index contributed by atoms with van der Waals surface area (Å²) in [6.07, 6.45) is -5.02. The maximum Gasteiger partial charge on any atom is 0.435 e. The summed E-state index contributed by atoms with van der Waals surface area (Å²) in [5.41, 5.74) is -2.81. The van der Waals surface area contributed by atoms with E-state index >= 15 is 0 Å². The maximum atomic E-state index is 13.5. The first-order chi connectivity index (χ1) is 11.4. The monoisotopic (exact) mass is 395 g/mol. The summed E-state index contributed by atoms with van der Waals surface area (Å²) in [5.74, 6) is 0. The Labute approximate surface area is 151 Å². The number of carbonyl (C=O) groups is 1. The molecule has 5 nitrogen and oxygen atoms in total. The molecule has 1 aromatic heterocycles. The lowest BCUT2D eigenvalue weighted by Crippen LogP contribution is -2.28. The van der Waals surface area contributed by atoms with Crippen molar-refractivity contribution in [2.24, 2.45) is 0 Å². The van der Waals surface area contributed by atoms with Crippen LogP contribution in [-0.2, 0) is 10.9 Å². The molecule has 136 valence electrons. The van der Waals surface area contributed by atoms with Gasteiger partial charge in [0.1, 0.15) is 11.3 Å². The Hall–Kier alpha value is -1.93. The molecule has 2 rings (SSSR count). The van der Waals surface area contributed by atoms with Gasteiger partial charge in [-0.05, 0) is 32.9 Å². The quantitative estimate of drug-likeness (QED) is 0.725. The van der Waals surface area contributed by atoms with Crippen molar-refractivity contribution < 1.29 is 22.7 Å². The molecule has 2 aromatic rings. The molecule has 0 aliphatic carbocycles. The van der Waals surface area contributed by atoms with Crippen molar-refractivity contribution in [1.29, 1.82) is 0 Å². The van der Waals surface area contributed by atoms with Gasteiger partial charge in [0.25, 0.3) is 0 Å². The summed E-state index contributed by atoms with van der Waals surface area (Å²) in [5, 5.41) is 5.69. The minimum absolute atomic E-state index is 0.0232. The van der Waals surface area contributed by atoms with Gasteiger partial charge in [-0.25, -0.2) is 9.48 Å². The van der Waals surface area contributed by atoms with Crippen LogP contribution in [-0.4, -0.2) is 21.5 Å². The number of hydrogen-bond acceptors (Lipinski definition) is 3. The number of para-hydroxylation sites is 1. The molecule has 1 amide bonds. The van der Waals surface area contributed by atoms with Crippen LogP contribution in [0.3, 0.4) is 0 Å². The molecular weight excluding hydrogens is 382 g/mol. The Morgan fingerprint density at radius 1 is 1.20 bits per heavy atom. The first-order valence-electron chi connectivity index (χ1n) is 7.00. The van der Waals surface area contributed by atoms with Gasteiger partial charge in [-0.2, -0.15) is 18.3 Å². The van der Waals surface area contributed by atoms with Crippen LogP contribution in [0.5, 0.6) is 0 Å². The molecule has 10 heteroatoms. The minimum Gasteiger partial charge on any atom is -0.444 e. The van der Waals surface area contributed by atoms with Crippen molar-refractivity contribution in [3.63, 3.8) is 0 Å². The second-order valence-electron chi connectivity index (χ2n) is 6.01. The number of nitrogens with zero attached hydrogens (tertiary/aromatic N) is 2. The van der Waals surface area contributed by atoms with Crippen LogP contribution in [0.4, 0.5) is 23.7 Å². The van der Waals surface area contributed by atoms with E-state index in [1.165, 1.54) is 18.2 Å². The van der Waals surface area contributed by atoms with Crippen LogP contribution in [0.2, 0.25) is 10.0 Å². The van der Waals surface area contributed by atoms with Crippen molar-refractivity contribution in [3.05, 3.63) is 40.1 Å². The highest BCUT2D eigenvalue weighted by molar-refractivity contribution is 6.37. The number of amides is 1. The van der Waals surface area contributed by atoms with Crippen LogP contribution >= 0.6 is 23.2 Å². The lowest BCUT2D eigenvalue weighted by atomic mass is 10.2. The summed E-state index contributed by atoms with van der Waals surface area (Å²) in [6, 6.07) is 4.25. The Bertz CT molecular complexity index is 778. The first-order valence-corrected chi connectivity index (χ1v) is 7.75. The molecule has 0 aliphatic rings. The fourth-order valence-electron chi connectivity index (χ4n) is 1.99. The zero-order valence-electron chi connectivity index (χ0n) is 13.4. The molecule has 0 radical (unpaired) electrons. The Balaban J connectivity index is 2.51. The highest BCUT2D eigenvalue weighted by Gasteiger charge is 2.40. The molecule has 0 saturated carbocycles. The lowest BCUT2D eigenvalue weighted by molar-refractivity contribution is -0.142. The van der Waals surface area contributed by atoms with Gasteiger partial charge in [0.2, 0.25) is 0 Å². The minimum atomic E-state index is -4.83. The summed E-state index contributed by atoms with van der Waals surface area (Å²) in [4.78, 5) is 11.8. The summed E-state index contributed by atoms with van der Waals surface area (Å²) < 4.78 is 46.1. The van der Waals surface area contributed by atoms with Crippen molar-refractivity contribution in [3.8, 4) is 5.69 Å². The van der Waals surface area contributed by atoms with E-state index in [0.717, 1.165) is 6.20 Å². The standard InChI is InChI=1S/C15H14Cl2F3N3O2/c1-14(2,3)25-13(24)22-10-7-21-23(12(10)15(18,19)20)11-8(16)5-4-6-9(11)17/h4-7H,1-3H3,(H,22,24). The van der Waals surface area contributed by atoms with E-state index < -0.39 is 29.3 Å². The van der Waals surface area contributed by atoms with E-state index in [0.29, 0.717) is 4.68 Å². The largest absolute Gasteiger partial charge is 0.444 e. The van der Waals surface area contributed by atoms with E-state index in [9.17, 15) is 18.0 Å². The van der Waals surface area contributed by atoms with Gasteiger partial charge in [0, 0.05) is 0 Å². The summed E-state index contributed by atoms with van der Waals surface area (Å²) in [7, 11) is 0. The van der Waals surface area contributed by atoms with Crippen LogP contribution in [0.25, 0.3) is 5.69 Å². The molecule has 25 heavy (non-hydrogen) atoms. The molecule has 0 spiro atoms. The van der Waals surface area contributed by atoms with Gasteiger partial charge in [0.05, 0.1) is 21.9 Å². The normalized spacial score (nSPS) is 12.2. The van der Waals surface area contributed by atoms with E-state index in [1.807, 2.05) is 0 Å². The van der Waals surface area contributed by atoms with Gasteiger partial charge < -0.3 is 4.74 Å². The lowest BCUT2D eigenvalue weighted by Gasteiger charge is -2.20. The Morgan fingerprint density at radius 3 is 2.24 bits per heavy atom. The molecule has 0 atom stereocenters. The molecule has 0 aliphatic heterocycles. The smallest absolute Gasteiger partial charge is 0.435 e. The van der Waals surface area contributed by atoms with E-state index in [2.05, 4.69) is 10.4 Å². The third kappa shape index (κ3) is 4.58. The molecule has 0 bridgehead atoms. The Kier molecular flexibility index (Phi) is 5.24. The van der Waals surface area contributed by atoms with Crippen molar-refractivity contribution >= 4 is 35.0 Å². The zero-order valence-corrected chi connectivity index (χ0v) is 14.9. The number of anilines is 1. The average molecular weight is 396 g/mol. The number of carbonyl (C=O) groups excluding carboxylic acids is 1. The number of ether oxygens (including phenoxy) is 1. The van der Waals surface area contributed by atoms with Crippen molar-refractivity contribution in [2.45, 2.75) is 32.5 Å². The SMILES string of the molecule is CC(C)(C)OC(=O)Nc1cnn(-c2c(Cl)cccc2Cl)c1C(F)(F)F. The number of hydrogen-bond donors (Lipinski definition) is 1. The summed E-state index contributed by atoms with van der Waals surface area (Å²) in [6.45, 7) is 4.76. The predicted molar refractivity (Wildman–Crippen MR) is 88.4 cm³/mol. The van der Waals surface area contributed by atoms with Crippen LogP contribution in [0.1, 0.15) is 26.5 Å². The van der Waals surface area contributed by atoms with Gasteiger partial charge in [0.15, 0.2) is 5.69 Å². The van der Waals surface area contributed by atoms with E-state index in [1.54, 1.807) is 20.8 Å². The molecule has 0 fully saturated rings. The zero-order chi connectivity index (χ0) is 19.0. The average Bonchev–Trinajstić information content (AvgIpc) is 2.79. The highest BCUT2D eigenvalue weighted by Crippen LogP contribution is 2.39. The van der Waals surface area contributed by atoms with Gasteiger partial charge >= 0.3 is 12.3 Å². The van der Waals surface area contributed by atoms with Crippen molar-refractivity contribution in [1.82, 2.24) is 9.78 Å². The van der Waals surface area contributed by atoms with E-state index in [-0.39, 0.29) is 15.7 Å². The third-order valence-electron chi connectivity index (χ3n) is 2.82. The molecule has 1 N–H and O–H groups in total. The van der Waals surface area contributed by atoms with Gasteiger partial charge in [-0.1, -0.05) is 29.3 Å². The van der Waals surface area contributed by atoms with Crippen molar-refractivity contribution in [2.75, 3.05) is 5.32 Å². The number of rotatable bonds is 2. The molecule has 0 saturated heterocycles. The first kappa shape index (κ1) is 19.4. The van der Waals surface area contributed by atoms with Crippen LogP contribution in [0.15, 0.2) is 24.4 Å². The molecular formula is C15H14Cl2F3N3O2. The summed E-state index contributed by atoms with van der Waals surface area (Å²) >= 11 is 11.9. The fourth-order valence-corrected chi connectivity index (χ4v) is 2.54. The number of aromatic nitrogens is 2. The molecule has 0 unspecified atom stereocenters. The predicted octanol–water partition coefficient (Wildman–Crippen LogP) is 5.54. The topological polar surface area (TPSA) is 56.1 Å². The van der Waals surface area contributed by atoms with Gasteiger partial charge in [-0.3, -0.25) is 5.32 Å². The number of nitrogens with one attached hydrogen (secondary N) is 1. The Morgan fingerprint density at radius 2 is 1.76 bits per heavy atom. The second kappa shape index (κ2) is 6.76. The fraction of sp³-hybridized carbons (Fsp3) is 0.333. The van der Waals surface area contributed by atoms with Crippen LogP contribution in [0, 0.1) is 0 Å². The van der Waals surface area contributed by atoms with Crippen LogP contribution < -0.4 is 5.32 Å². The number of alkyl halides is 3. The third-order valence-corrected chi connectivity index (χ3v) is 3.43. The maximum absolute atomic E-state index is 13.5. The number of benzene rings is 1. The number of halogens is 5. The second-order valence-corrected chi connectivity index (χ2v) is 6.83. The van der Waals surface area contributed by atoms with Gasteiger partial charge in [-0.15, -0.1) is 0 Å². The molecule has 1 aromatic carbocycles. The highest BCUT2D eigenvalue weighted by atomic mass is 35.5. The van der Waals surface area contributed by atoms with E-state index in [4.69, 9.17) is 27.9 Å².